The molecule has 11 aromatic rings. The van der Waals surface area contributed by atoms with Crippen LogP contribution in [-0.4, -0.2) is 23.5 Å². The molecule has 7 aromatic carbocycles. The van der Waals surface area contributed by atoms with E-state index < -0.39 is 0 Å². The molecule has 0 aliphatic heterocycles. The zero-order chi connectivity index (χ0) is 39.0. The minimum absolute atomic E-state index is 0. The number of nitrogens with zero attached hydrogens (tertiary/aromatic N) is 5. The number of ether oxygens (including phenoxy) is 1. The molecule has 7 heteroatoms. The van der Waals surface area contributed by atoms with Crippen molar-refractivity contribution in [2.45, 2.75) is 26.2 Å². The van der Waals surface area contributed by atoms with Crippen molar-refractivity contribution in [2.24, 2.45) is 0 Å². The first kappa shape index (κ1) is 36.6. The Morgan fingerprint density at radius 2 is 1.27 bits per heavy atom. The largest absolute Gasteiger partial charge is 2.00 e. The van der Waals surface area contributed by atoms with Gasteiger partial charge in [0.15, 0.2) is 0 Å². The van der Waals surface area contributed by atoms with Gasteiger partial charge in [0.25, 0.3) is 0 Å². The summed E-state index contributed by atoms with van der Waals surface area (Å²) in [5.74, 6) is 2.82. The number of aromatic nitrogens is 5. The second-order valence-corrected chi connectivity index (χ2v) is 15.8. The second-order valence-electron chi connectivity index (χ2n) is 15.8. The van der Waals surface area contributed by atoms with E-state index in [1.54, 1.807) is 0 Å². The van der Waals surface area contributed by atoms with Crippen molar-refractivity contribution >= 4 is 49.7 Å². The van der Waals surface area contributed by atoms with Gasteiger partial charge in [-0.05, 0) is 70.0 Å². The number of para-hydroxylation sites is 4. The van der Waals surface area contributed by atoms with Gasteiger partial charge in [-0.1, -0.05) is 140 Å². The van der Waals surface area contributed by atoms with E-state index in [4.69, 9.17) is 14.7 Å². The minimum Gasteiger partial charge on any atom is -0.509 e. The Kier molecular flexibility index (Phi) is 8.84. The van der Waals surface area contributed by atoms with Gasteiger partial charge in [-0.15, -0.1) is 29.7 Å². The molecule has 0 spiro atoms. The molecule has 4 heterocycles. The minimum atomic E-state index is -0.0595. The van der Waals surface area contributed by atoms with Crippen molar-refractivity contribution < 1.29 is 25.8 Å². The summed E-state index contributed by atoms with van der Waals surface area (Å²) >= 11 is 0. The molecule has 0 radical (unpaired) electrons. The van der Waals surface area contributed by atoms with E-state index in [1.165, 1.54) is 5.56 Å². The molecule has 0 saturated carbocycles. The van der Waals surface area contributed by atoms with Crippen LogP contribution in [0.5, 0.6) is 11.5 Å². The average Bonchev–Trinajstić information content (AvgIpc) is 3.90. The number of fused-ring (bicyclic) bond motifs is 8. The zero-order valence-corrected chi connectivity index (χ0v) is 34.9. The molecule has 0 fully saturated rings. The van der Waals surface area contributed by atoms with Crippen LogP contribution in [0.2, 0.25) is 0 Å². The van der Waals surface area contributed by atoms with Crippen LogP contribution in [0.15, 0.2) is 170 Å². The van der Waals surface area contributed by atoms with Gasteiger partial charge in [-0.2, -0.15) is 12.1 Å². The molecule has 11 rings (SSSR count). The molecule has 0 amide bonds. The summed E-state index contributed by atoms with van der Waals surface area (Å²) in [5, 5.41) is 2.18. The number of hydrogen-bond donors (Lipinski definition) is 0. The Hall–Kier alpha value is -6.75. The summed E-state index contributed by atoms with van der Waals surface area (Å²) in [6.45, 7) is 6.69. The molecule has 0 unspecified atom stereocenters. The molecule has 0 saturated heterocycles. The summed E-state index contributed by atoms with van der Waals surface area (Å²) < 4.78 is 13.6. The molecule has 59 heavy (non-hydrogen) atoms. The van der Waals surface area contributed by atoms with Gasteiger partial charge in [0.05, 0.1) is 22.1 Å². The number of benzene rings is 7. The summed E-state index contributed by atoms with van der Waals surface area (Å²) in [6, 6.07) is 64.3. The molecule has 0 aliphatic carbocycles. The van der Waals surface area contributed by atoms with Crippen LogP contribution in [0.1, 0.15) is 26.3 Å². The standard InChI is InChI=1S/C52H37N5O.Pt/c1-52(2,3)37-27-28-53-50(30-37)56-44-26-25-36(34-15-6-4-7-16-34)29-41(44)42-32-40(35-17-8-5-9-18-35)49(33-48(42)56)58-39-20-14-19-38(31-39)55-46-23-12-13-24-47(46)57-45-22-11-10-21-43(45)54-51(55)57;/h4-30,32H,1-3H3;/q-2;+2. The first-order valence-electron chi connectivity index (χ1n) is 19.6. The average molecular weight is 943 g/mol. The molecule has 286 valence electrons. The van der Waals surface area contributed by atoms with E-state index in [-0.39, 0.29) is 26.5 Å². The number of hydrogen-bond acceptors (Lipinski definition) is 3. The van der Waals surface area contributed by atoms with Crippen molar-refractivity contribution in [1.29, 1.82) is 0 Å². The van der Waals surface area contributed by atoms with Gasteiger partial charge < -0.3 is 13.9 Å². The second kappa shape index (κ2) is 14.3. The van der Waals surface area contributed by atoms with E-state index >= 15 is 0 Å². The number of pyridine rings is 1. The van der Waals surface area contributed by atoms with Gasteiger partial charge >= 0.3 is 21.1 Å². The molecule has 6 nitrogen and oxygen atoms in total. The van der Waals surface area contributed by atoms with Crippen LogP contribution in [0.4, 0.5) is 0 Å². The van der Waals surface area contributed by atoms with Gasteiger partial charge in [-0.25, -0.2) is 9.97 Å². The van der Waals surface area contributed by atoms with Gasteiger partial charge in [0, 0.05) is 23.2 Å². The summed E-state index contributed by atoms with van der Waals surface area (Å²) in [5.41, 5.74) is 12.3. The van der Waals surface area contributed by atoms with E-state index in [0.717, 1.165) is 83.4 Å². The fraction of sp³-hybridized carbons (Fsp3) is 0.0769. The third kappa shape index (κ3) is 6.14. The molecular weight excluding hydrogens is 906 g/mol. The van der Waals surface area contributed by atoms with Crippen LogP contribution in [-0.2, 0) is 26.5 Å². The smallest absolute Gasteiger partial charge is 0.509 e. The van der Waals surface area contributed by atoms with E-state index in [9.17, 15) is 0 Å². The molecule has 0 aliphatic rings. The Morgan fingerprint density at radius 1 is 0.559 bits per heavy atom. The van der Waals surface area contributed by atoms with E-state index in [2.05, 4.69) is 186 Å². The first-order chi connectivity index (χ1) is 28.4. The van der Waals surface area contributed by atoms with Gasteiger partial charge in [0.1, 0.15) is 5.82 Å². The Balaban J connectivity index is 0.00000420. The van der Waals surface area contributed by atoms with Crippen LogP contribution in [0, 0.1) is 12.1 Å². The van der Waals surface area contributed by atoms with Gasteiger partial charge in [0.2, 0.25) is 5.78 Å². The van der Waals surface area contributed by atoms with Crippen molar-refractivity contribution in [1.82, 2.24) is 23.5 Å². The van der Waals surface area contributed by atoms with Crippen molar-refractivity contribution in [2.75, 3.05) is 0 Å². The summed E-state index contributed by atoms with van der Waals surface area (Å²) in [4.78, 5) is 10.0. The number of rotatable bonds is 6. The Morgan fingerprint density at radius 3 is 2.05 bits per heavy atom. The zero-order valence-electron chi connectivity index (χ0n) is 32.6. The molecule has 0 N–H and O–H groups in total. The van der Waals surface area contributed by atoms with Crippen molar-refractivity contribution in [3.05, 3.63) is 188 Å². The van der Waals surface area contributed by atoms with Crippen molar-refractivity contribution in [3.8, 4) is 45.3 Å². The molecular formula is C52H37N5OPt. The Bertz CT molecular complexity index is 3360. The summed E-state index contributed by atoms with van der Waals surface area (Å²) in [7, 11) is 0. The monoisotopic (exact) mass is 942 g/mol. The normalized spacial score (nSPS) is 11.8. The molecule has 0 atom stereocenters. The molecule has 4 aromatic heterocycles. The van der Waals surface area contributed by atoms with Gasteiger partial charge in [-0.3, -0.25) is 4.40 Å². The maximum atomic E-state index is 6.97. The quantitative estimate of drug-likeness (QED) is 0.156. The van der Waals surface area contributed by atoms with Crippen LogP contribution in [0.3, 0.4) is 0 Å². The number of imidazole rings is 2. The summed E-state index contributed by atoms with van der Waals surface area (Å²) in [6.07, 6.45) is 1.91. The van der Waals surface area contributed by atoms with E-state index in [1.807, 2.05) is 30.5 Å². The fourth-order valence-corrected chi connectivity index (χ4v) is 8.26. The topological polar surface area (TPSA) is 49.3 Å². The predicted octanol–water partition coefficient (Wildman–Crippen LogP) is 12.9. The Labute approximate surface area is 356 Å². The van der Waals surface area contributed by atoms with E-state index in [0.29, 0.717) is 11.5 Å². The van der Waals surface area contributed by atoms with Crippen molar-refractivity contribution in [3.63, 3.8) is 0 Å². The predicted molar refractivity (Wildman–Crippen MR) is 235 cm³/mol. The SMILES string of the molecule is CC(C)(C)c1ccnc(-n2c3[c-]c(Oc4[c-]c(-n5c6ccccc6n6c7ccccc7nc56)ccc4)c(-c4ccccc4)cc3c3cc(-c4ccccc4)ccc32)c1.[Pt+2]. The van der Waals surface area contributed by atoms with Crippen LogP contribution in [0.25, 0.3) is 83.4 Å². The third-order valence-corrected chi connectivity index (χ3v) is 11.1. The maximum absolute atomic E-state index is 6.97. The first-order valence-corrected chi connectivity index (χ1v) is 19.6. The maximum Gasteiger partial charge on any atom is 2.00 e. The van der Waals surface area contributed by atoms with Crippen LogP contribution < -0.4 is 4.74 Å². The molecule has 0 bridgehead atoms. The fourth-order valence-electron chi connectivity index (χ4n) is 8.26. The third-order valence-electron chi connectivity index (χ3n) is 11.1. The van der Waals surface area contributed by atoms with Crippen LogP contribution >= 0.6 is 0 Å².